The standard InChI is InChI=1S/C13H20ClNO2S/c1-11(2)13-6-4-12(5-7-13)10-15-18(16,17)9-3-8-14/h4-7,11,15H,3,8-10H2,1-2H3. The first kappa shape index (κ1) is 15.5. The quantitative estimate of drug-likeness (QED) is 0.785. The maximum atomic E-state index is 11.6. The molecule has 3 nitrogen and oxygen atoms in total. The molecule has 0 bridgehead atoms. The van der Waals surface area contributed by atoms with Crippen LogP contribution in [0.5, 0.6) is 0 Å². The van der Waals surface area contributed by atoms with E-state index >= 15 is 0 Å². The minimum Gasteiger partial charge on any atom is -0.212 e. The van der Waals surface area contributed by atoms with E-state index in [0.29, 0.717) is 24.8 Å². The lowest BCUT2D eigenvalue weighted by Crippen LogP contribution is -2.26. The Hall–Kier alpha value is -0.580. The van der Waals surface area contributed by atoms with Crippen molar-refractivity contribution in [2.24, 2.45) is 0 Å². The van der Waals surface area contributed by atoms with Crippen molar-refractivity contribution in [1.82, 2.24) is 4.72 Å². The second-order valence-electron chi connectivity index (χ2n) is 4.58. The van der Waals surface area contributed by atoms with E-state index in [1.807, 2.05) is 24.3 Å². The first-order valence-electron chi connectivity index (χ1n) is 6.07. The van der Waals surface area contributed by atoms with Crippen molar-refractivity contribution in [2.75, 3.05) is 11.6 Å². The highest BCUT2D eigenvalue weighted by atomic mass is 35.5. The molecule has 0 heterocycles. The molecule has 18 heavy (non-hydrogen) atoms. The van der Waals surface area contributed by atoms with E-state index in [2.05, 4.69) is 18.6 Å². The highest BCUT2D eigenvalue weighted by Gasteiger charge is 2.09. The summed E-state index contributed by atoms with van der Waals surface area (Å²) in [6.07, 6.45) is 0.475. The van der Waals surface area contributed by atoms with E-state index in [4.69, 9.17) is 11.6 Å². The van der Waals surface area contributed by atoms with Crippen molar-refractivity contribution in [2.45, 2.75) is 32.7 Å². The van der Waals surface area contributed by atoms with E-state index in [-0.39, 0.29) is 5.75 Å². The van der Waals surface area contributed by atoms with Crippen LogP contribution >= 0.6 is 11.6 Å². The zero-order valence-electron chi connectivity index (χ0n) is 10.8. The van der Waals surface area contributed by atoms with Gasteiger partial charge in [-0.3, -0.25) is 0 Å². The molecule has 0 spiro atoms. The number of nitrogens with one attached hydrogen (secondary N) is 1. The molecule has 0 fully saturated rings. The third-order valence-corrected chi connectivity index (χ3v) is 4.37. The van der Waals surface area contributed by atoms with E-state index in [1.165, 1.54) is 5.56 Å². The second kappa shape index (κ2) is 7.12. The number of rotatable bonds is 7. The molecule has 0 unspecified atom stereocenters. The summed E-state index contributed by atoms with van der Waals surface area (Å²) >= 11 is 5.48. The Morgan fingerprint density at radius 1 is 1.22 bits per heavy atom. The summed E-state index contributed by atoms with van der Waals surface area (Å²) in [5, 5.41) is 0. The summed E-state index contributed by atoms with van der Waals surface area (Å²) in [7, 11) is -3.20. The molecule has 0 saturated carbocycles. The summed E-state index contributed by atoms with van der Waals surface area (Å²) in [5.74, 6) is 0.935. The van der Waals surface area contributed by atoms with Crippen LogP contribution in [0.3, 0.4) is 0 Å². The Labute approximate surface area is 115 Å². The zero-order chi connectivity index (χ0) is 13.6. The van der Waals surface area contributed by atoms with Crippen molar-refractivity contribution < 1.29 is 8.42 Å². The molecular weight excluding hydrogens is 270 g/mol. The molecule has 0 aliphatic heterocycles. The fourth-order valence-electron chi connectivity index (χ4n) is 1.53. The van der Waals surface area contributed by atoms with Gasteiger partial charge in [-0.2, -0.15) is 0 Å². The Bertz CT molecular complexity index is 454. The number of benzene rings is 1. The molecule has 102 valence electrons. The molecule has 0 amide bonds. The Balaban J connectivity index is 2.53. The Morgan fingerprint density at radius 3 is 2.33 bits per heavy atom. The minimum atomic E-state index is -3.20. The topological polar surface area (TPSA) is 46.2 Å². The van der Waals surface area contributed by atoms with Crippen molar-refractivity contribution >= 4 is 21.6 Å². The normalized spacial score (nSPS) is 12.0. The molecular formula is C13H20ClNO2S. The van der Waals surface area contributed by atoms with Crippen molar-refractivity contribution in [3.63, 3.8) is 0 Å². The van der Waals surface area contributed by atoms with Crippen LogP contribution < -0.4 is 4.72 Å². The maximum Gasteiger partial charge on any atom is 0.211 e. The molecule has 0 aliphatic carbocycles. The summed E-state index contributed by atoms with van der Waals surface area (Å²) in [5.41, 5.74) is 2.22. The van der Waals surface area contributed by atoms with Gasteiger partial charge in [0.2, 0.25) is 10.0 Å². The van der Waals surface area contributed by atoms with Crippen LogP contribution in [0.1, 0.15) is 37.3 Å². The maximum absolute atomic E-state index is 11.6. The summed E-state index contributed by atoms with van der Waals surface area (Å²) in [4.78, 5) is 0. The lowest BCUT2D eigenvalue weighted by molar-refractivity contribution is 0.580. The Morgan fingerprint density at radius 2 is 1.83 bits per heavy atom. The van der Waals surface area contributed by atoms with Crippen LogP contribution in [0.4, 0.5) is 0 Å². The van der Waals surface area contributed by atoms with Crippen molar-refractivity contribution in [1.29, 1.82) is 0 Å². The fourth-order valence-corrected chi connectivity index (χ4v) is 2.88. The van der Waals surface area contributed by atoms with E-state index in [1.54, 1.807) is 0 Å². The molecule has 5 heteroatoms. The SMILES string of the molecule is CC(C)c1ccc(CNS(=O)(=O)CCCCl)cc1. The highest BCUT2D eigenvalue weighted by molar-refractivity contribution is 7.89. The fraction of sp³-hybridized carbons (Fsp3) is 0.538. The molecule has 1 aromatic rings. The van der Waals surface area contributed by atoms with Crippen molar-refractivity contribution in [3.8, 4) is 0 Å². The van der Waals surface area contributed by atoms with Gasteiger partial charge in [-0.25, -0.2) is 13.1 Å². The van der Waals surface area contributed by atoms with Gasteiger partial charge in [-0.15, -0.1) is 11.6 Å². The van der Waals surface area contributed by atoms with Crippen LogP contribution in [0.15, 0.2) is 24.3 Å². The van der Waals surface area contributed by atoms with Crippen LogP contribution in [-0.4, -0.2) is 20.1 Å². The molecule has 1 N–H and O–H groups in total. The van der Waals surface area contributed by atoms with E-state index in [0.717, 1.165) is 5.56 Å². The minimum absolute atomic E-state index is 0.0839. The number of hydrogen-bond donors (Lipinski definition) is 1. The third-order valence-electron chi connectivity index (χ3n) is 2.69. The van der Waals surface area contributed by atoms with Gasteiger partial charge in [0, 0.05) is 12.4 Å². The van der Waals surface area contributed by atoms with Gasteiger partial charge >= 0.3 is 0 Å². The predicted octanol–water partition coefficient (Wildman–Crippen LogP) is 2.86. The largest absolute Gasteiger partial charge is 0.212 e. The van der Waals surface area contributed by atoms with Crippen LogP contribution in [-0.2, 0) is 16.6 Å². The van der Waals surface area contributed by atoms with Crippen LogP contribution in [0.2, 0.25) is 0 Å². The number of halogens is 1. The highest BCUT2D eigenvalue weighted by Crippen LogP contribution is 2.14. The second-order valence-corrected chi connectivity index (χ2v) is 6.88. The summed E-state index contributed by atoms with van der Waals surface area (Å²) < 4.78 is 25.7. The van der Waals surface area contributed by atoms with Gasteiger partial charge in [-0.05, 0) is 23.5 Å². The first-order chi connectivity index (χ1) is 8.44. The van der Waals surface area contributed by atoms with Crippen molar-refractivity contribution in [3.05, 3.63) is 35.4 Å². The number of alkyl halides is 1. The van der Waals surface area contributed by atoms with E-state index in [9.17, 15) is 8.42 Å². The molecule has 1 rings (SSSR count). The average molecular weight is 290 g/mol. The smallest absolute Gasteiger partial charge is 0.211 e. The van der Waals surface area contributed by atoms with Gasteiger partial charge < -0.3 is 0 Å². The lowest BCUT2D eigenvalue weighted by Gasteiger charge is -2.08. The van der Waals surface area contributed by atoms with Gasteiger partial charge in [0.15, 0.2) is 0 Å². The van der Waals surface area contributed by atoms with Gasteiger partial charge in [0.1, 0.15) is 0 Å². The average Bonchev–Trinajstić information content (AvgIpc) is 2.35. The first-order valence-corrected chi connectivity index (χ1v) is 8.25. The third kappa shape index (κ3) is 5.38. The number of sulfonamides is 1. The van der Waals surface area contributed by atoms with Crippen LogP contribution in [0.25, 0.3) is 0 Å². The predicted molar refractivity (Wildman–Crippen MR) is 76.5 cm³/mol. The molecule has 0 aromatic heterocycles. The summed E-state index contributed by atoms with van der Waals surface area (Å²) in [6, 6.07) is 7.99. The summed E-state index contributed by atoms with van der Waals surface area (Å²) in [6.45, 7) is 4.59. The molecule has 0 radical (unpaired) electrons. The van der Waals surface area contributed by atoms with Gasteiger partial charge in [0.25, 0.3) is 0 Å². The van der Waals surface area contributed by atoms with E-state index < -0.39 is 10.0 Å². The zero-order valence-corrected chi connectivity index (χ0v) is 12.4. The monoisotopic (exact) mass is 289 g/mol. The van der Waals surface area contributed by atoms with Gasteiger partial charge in [-0.1, -0.05) is 38.1 Å². The molecule has 0 aliphatic rings. The number of hydrogen-bond acceptors (Lipinski definition) is 2. The lowest BCUT2D eigenvalue weighted by atomic mass is 10.0. The van der Waals surface area contributed by atoms with Gasteiger partial charge in [0.05, 0.1) is 5.75 Å². The van der Waals surface area contributed by atoms with Crippen LogP contribution in [0, 0.1) is 0 Å². The Kier molecular flexibility index (Phi) is 6.12. The molecule has 1 aromatic carbocycles. The molecule has 0 saturated heterocycles. The molecule has 0 atom stereocenters.